The van der Waals surface area contributed by atoms with Crippen molar-refractivity contribution < 1.29 is 23.8 Å². The Morgan fingerprint density at radius 2 is 1.41 bits per heavy atom. The molecule has 34 heavy (non-hydrogen) atoms. The van der Waals surface area contributed by atoms with E-state index in [1.165, 1.54) is 0 Å². The summed E-state index contributed by atoms with van der Waals surface area (Å²) < 4.78 is 17.0. The van der Waals surface area contributed by atoms with Gasteiger partial charge in [-0.15, -0.1) is 0 Å². The number of carbonyl (C=O) groups excluding carboxylic acids is 2. The Morgan fingerprint density at radius 1 is 0.765 bits per heavy atom. The standard InChI is InChI=1S/C27H30N2O5/c1-3-20(2)22-13-7-9-15-24(22)34-19-26(30)28-29-27(31)23-14-8-10-16-25(23)33-18-17-32-21-11-5-4-6-12-21/h4-16,20H,3,17-19H2,1-2H3,(H,28,30)(H,29,31). The molecule has 0 fully saturated rings. The van der Waals surface area contributed by atoms with Crippen LogP contribution >= 0.6 is 0 Å². The first-order valence-electron chi connectivity index (χ1n) is 11.3. The first kappa shape index (κ1) is 24.6. The SMILES string of the molecule is CCC(C)c1ccccc1OCC(=O)NNC(=O)c1ccccc1OCCOc1ccccc1. The average Bonchev–Trinajstić information content (AvgIpc) is 2.89. The molecule has 3 aromatic rings. The Kier molecular flexibility index (Phi) is 9.34. The zero-order chi connectivity index (χ0) is 24.2. The Morgan fingerprint density at radius 3 is 2.18 bits per heavy atom. The summed E-state index contributed by atoms with van der Waals surface area (Å²) in [5.74, 6) is 1.15. The number of hydrazine groups is 1. The van der Waals surface area contributed by atoms with Crippen molar-refractivity contribution >= 4 is 11.8 Å². The van der Waals surface area contributed by atoms with Gasteiger partial charge in [0.05, 0.1) is 5.56 Å². The minimum Gasteiger partial charge on any atom is -0.490 e. The zero-order valence-corrected chi connectivity index (χ0v) is 19.5. The fourth-order valence-corrected chi connectivity index (χ4v) is 3.22. The lowest BCUT2D eigenvalue weighted by Crippen LogP contribution is -2.44. The molecular weight excluding hydrogens is 432 g/mol. The summed E-state index contributed by atoms with van der Waals surface area (Å²) in [7, 11) is 0. The van der Waals surface area contributed by atoms with Crippen LogP contribution < -0.4 is 25.1 Å². The molecule has 0 aliphatic rings. The molecule has 7 heteroatoms. The number of hydrogen-bond donors (Lipinski definition) is 2. The highest BCUT2D eigenvalue weighted by Gasteiger charge is 2.14. The molecule has 7 nitrogen and oxygen atoms in total. The van der Waals surface area contributed by atoms with Crippen LogP contribution in [0.5, 0.6) is 17.2 Å². The van der Waals surface area contributed by atoms with E-state index >= 15 is 0 Å². The fourth-order valence-electron chi connectivity index (χ4n) is 3.22. The molecule has 0 radical (unpaired) electrons. The number of para-hydroxylation sites is 3. The van der Waals surface area contributed by atoms with Crippen molar-refractivity contribution in [3.8, 4) is 17.2 Å². The molecule has 0 aliphatic carbocycles. The van der Waals surface area contributed by atoms with Crippen molar-refractivity contribution in [2.75, 3.05) is 19.8 Å². The van der Waals surface area contributed by atoms with Crippen molar-refractivity contribution in [1.82, 2.24) is 10.9 Å². The van der Waals surface area contributed by atoms with Gasteiger partial charge in [-0.05, 0) is 48.2 Å². The summed E-state index contributed by atoms with van der Waals surface area (Å²) in [5, 5.41) is 0. The van der Waals surface area contributed by atoms with Gasteiger partial charge in [0.2, 0.25) is 0 Å². The van der Waals surface area contributed by atoms with Crippen LogP contribution in [0.2, 0.25) is 0 Å². The molecule has 178 valence electrons. The molecule has 0 spiro atoms. The van der Waals surface area contributed by atoms with Crippen molar-refractivity contribution in [3.63, 3.8) is 0 Å². The molecular formula is C27H30N2O5. The minimum absolute atomic E-state index is 0.220. The number of rotatable bonds is 11. The topological polar surface area (TPSA) is 85.9 Å². The summed E-state index contributed by atoms with van der Waals surface area (Å²) in [5.41, 5.74) is 6.14. The lowest BCUT2D eigenvalue weighted by molar-refractivity contribution is -0.123. The highest BCUT2D eigenvalue weighted by Crippen LogP contribution is 2.28. The van der Waals surface area contributed by atoms with Crippen molar-refractivity contribution in [2.24, 2.45) is 0 Å². The molecule has 0 aliphatic heterocycles. The minimum atomic E-state index is -0.493. The van der Waals surface area contributed by atoms with Crippen LogP contribution in [-0.4, -0.2) is 31.6 Å². The van der Waals surface area contributed by atoms with Crippen LogP contribution in [0.25, 0.3) is 0 Å². The molecule has 1 atom stereocenters. The molecule has 0 saturated carbocycles. The summed E-state index contributed by atoms with van der Waals surface area (Å²) in [6.07, 6.45) is 0.961. The Hall–Kier alpha value is -4.00. The third-order valence-electron chi connectivity index (χ3n) is 5.22. The number of benzene rings is 3. The van der Waals surface area contributed by atoms with Gasteiger partial charge in [0.15, 0.2) is 6.61 Å². The Bertz CT molecular complexity index is 1070. The number of hydrogen-bond acceptors (Lipinski definition) is 5. The lowest BCUT2D eigenvalue weighted by atomic mass is 9.98. The molecule has 3 aromatic carbocycles. The molecule has 2 amide bonds. The summed E-state index contributed by atoms with van der Waals surface area (Å²) in [6, 6.07) is 23.8. The summed E-state index contributed by atoms with van der Waals surface area (Å²) >= 11 is 0. The van der Waals surface area contributed by atoms with E-state index in [0.717, 1.165) is 17.7 Å². The summed E-state index contributed by atoms with van der Waals surface area (Å²) in [4.78, 5) is 24.8. The second-order valence-electron chi connectivity index (χ2n) is 7.64. The largest absolute Gasteiger partial charge is 0.490 e. The Labute approximate surface area is 200 Å². The van der Waals surface area contributed by atoms with E-state index in [9.17, 15) is 9.59 Å². The maximum atomic E-state index is 12.6. The molecule has 0 aromatic heterocycles. The molecule has 2 N–H and O–H groups in total. The van der Waals surface area contributed by atoms with Gasteiger partial charge in [-0.1, -0.05) is 62.4 Å². The zero-order valence-electron chi connectivity index (χ0n) is 19.5. The predicted octanol–water partition coefficient (Wildman–Crippen LogP) is 4.50. The smallest absolute Gasteiger partial charge is 0.276 e. The van der Waals surface area contributed by atoms with Gasteiger partial charge in [-0.2, -0.15) is 0 Å². The highest BCUT2D eigenvalue weighted by atomic mass is 16.5. The van der Waals surface area contributed by atoms with Crippen LogP contribution in [0.1, 0.15) is 42.1 Å². The van der Waals surface area contributed by atoms with Crippen molar-refractivity contribution in [2.45, 2.75) is 26.2 Å². The van der Waals surface area contributed by atoms with Gasteiger partial charge in [0.25, 0.3) is 11.8 Å². The fraction of sp³-hybridized carbons (Fsp3) is 0.259. The Balaban J connectivity index is 1.47. The average molecular weight is 463 g/mol. The van der Waals surface area contributed by atoms with Gasteiger partial charge in [-0.25, -0.2) is 0 Å². The number of amides is 2. The summed E-state index contributed by atoms with van der Waals surface area (Å²) in [6.45, 7) is 4.57. The molecule has 0 bridgehead atoms. The highest BCUT2D eigenvalue weighted by molar-refractivity contribution is 5.97. The van der Waals surface area contributed by atoms with Crippen LogP contribution in [0, 0.1) is 0 Å². The van der Waals surface area contributed by atoms with Crippen LogP contribution in [0.4, 0.5) is 0 Å². The van der Waals surface area contributed by atoms with Crippen molar-refractivity contribution in [1.29, 1.82) is 0 Å². The first-order chi connectivity index (χ1) is 16.6. The van der Waals surface area contributed by atoms with Gasteiger partial charge in [-0.3, -0.25) is 20.4 Å². The number of carbonyl (C=O) groups is 2. The van der Waals surface area contributed by atoms with Crippen LogP contribution in [0.15, 0.2) is 78.9 Å². The van der Waals surface area contributed by atoms with E-state index < -0.39 is 11.8 Å². The van der Waals surface area contributed by atoms with Crippen LogP contribution in [0.3, 0.4) is 0 Å². The monoisotopic (exact) mass is 462 g/mol. The van der Waals surface area contributed by atoms with Gasteiger partial charge >= 0.3 is 0 Å². The first-order valence-corrected chi connectivity index (χ1v) is 11.3. The van der Waals surface area contributed by atoms with E-state index in [4.69, 9.17) is 14.2 Å². The second-order valence-corrected chi connectivity index (χ2v) is 7.64. The van der Waals surface area contributed by atoms with Gasteiger partial charge in [0.1, 0.15) is 30.5 Å². The van der Waals surface area contributed by atoms with E-state index in [1.54, 1.807) is 24.3 Å². The quantitative estimate of drug-likeness (QED) is 0.324. The molecule has 1 unspecified atom stereocenters. The van der Waals surface area contributed by atoms with Gasteiger partial charge in [0, 0.05) is 0 Å². The maximum Gasteiger partial charge on any atom is 0.276 e. The third-order valence-corrected chi connectivity index (χ3v) is 5.22. The normalized spacial score (nSPS) is 11.2. The predicted molar refractivity (Wildman–Crippen MR) is 130 cm³/mol. The lowest BCUT2D eigenvalue weighted by Gasteiger charge is -2.16. The third kappa shape index (κ3) is 7.27. The number of nitrogens with one attached hydrogen (secondary N) is 2. The number of ether oxygens (including phenoxy) is 3. The van der Waals surface area contributed by atoms with E-state index in [-0.39, 0.29) is 13.2 Å². The maximum absolute atomic E-state index is 12.6. The molecule has 3 rings (SSSR count). The van der Waals surface area contributed by atoms with Crippen molar-refractivity contribution in [3.05, 3.63) is 90.0 Å². The van der Waals surface area contributed by atoms with E-state index in [2.05, 4.69) is 24.7 Å². The van der Waals surface area contributed by atoms with Gasteiger partial charge < -0.3 is 14.2 Å². The van der Waals surface area contributed by atoms with E-state index in [0.29, 0.717) is 29.6 Å². The van der Waals surface area contributed by atoms with E-state index in [1.807, 2.05) is 54.6 Å². The van der Waals surface area contributed by atoms with Crippen LogP contribution in [-0.2, 0) is 4.79 Å². The molecule has 0 saturated heterocycles. The second kappa shape index (κ2) is 12.9. The molecule has 0 heterocycles.